The second-order valence-electron chi connectivity index (χ2n) is 4.30. The normalized spacial score (nSPS) is 10.0. The first-order valence-electron chi connectivity index (χ1n) is 6.22. The van der Waals surface area contributed by atoms with Crippen LogP contribution in [0.1, 0.15) is 15.9 Å². The van der Waals surface area contributed by atoms with Gasteiger partial charge in [0.2, 0.25) is 0 Å². The smallest absolute Gasteiger partial charge is 0.343 e. The van der Waals surface area contributed by atoms with Gasteiger partial charge in [0, 0.05) is 4.47 Å². The third kappa shape index (κ3) is 4.43. The Balaban J connectivity index is 2.03. The van der Waals surface area contributed by atoms with E-state index in [0.717, 1.165) is 10.0 Å². The van der Waals surface area contributed by atoms with Gasteiger partial charge in [0.15, 0.2) is 0 Å². The van der Waals surface area contributed by atoms with Crippen LogP contribution in [0.15, 0.2) is 53.0 Å². The zero-order valence-corrected chi connectivity index (χ0v) is 12.9. The van der Waals surface area contributed by atoms with E-state index in [4.69, 9.17) is 4.74 Å². The Kier molecular flexibility index (Phi) is 5.11. The van der Waals surface area contributed by atoms with Gasteiger partial charge in [-0.3, -0.25) is 4.79 Å². The summed E-state index contributed by atoms with van der Waals surface area (Å²) in [6.07, 6.45) is 0.191. The Morgan fingerprint density at radius 1 is 1.10 bits per heavy atom. The highest BCUT2D eigenvalue weighted by Crippen LogP contribution is 2.17. The van der Waals surface area contributed by atoms with Crippen LogP contribution in [0.3, 0.4) is 0 Å². The Labute approximate surface area is 130 Å². The van der Waals surface area contributed by atoms with E-state index in [1.165, 1.54) is 7.11 Å². The van der Waals surface area contributed by atoms with Crippen molar-refractivity contribution in [3.05, 3.63) is 64.1 Å². The van der Waals surface area contributed by atoms with Crippen LogP contribution in [0.4, 0.5) is 0 Å². The maximum Gasteiger partial charge on any atom is 0.343 e. The van der Waals surface area contributed by atoms with E-state index < -0.39 is 5.97 Å². The molecule has 0 unspecified atom stereocenters. The number of benzene rings is 2. The molecule has 0 saturated carbocycles. The molecule has 0 spiro atoms. The number of carbonyl (C=O) groups is 2. The van der Waals surface area contributed by atoms with Crippen molar-refractivity contribution in [2.24, 2.45) is 0 Å². The highest BCUT2D eigenvalue weighted by Gasteiger charge is 2.09. The number of ether oxygens (including phenoxy) is 2. The number of halogens is 1. The largest absolute Gasteiger partial charge is 0.469 e. The second kappa shape index (κ2) is 7.04. The lowest BCUT2D eigenvalue weighted by atomic mass is 10.1. The van der Waals surface area contributed by atoms with Crippen molar-refractivity contribution >= 4 is 27.9 Å². The molecule has 4 nitrogen and oxygen atoms in total. The fraction of sp³-hybridized carbons (Fsp3) is 0.125. The molecule has 21 heavy (non-hydrogen) atoms. The number of carbonyl (C=O) groups excluding carboxylic acids is 2. The molecule has 0 atom stereocenters. The summed E-state index contributed by atoms with van der Waals surface area (Å²) in [6, 6.07) is 13.7. The van der Waals surface area contributed by atoms with Crippen LogP contribution in [0.2, 0.25) is 0 Å². The molecule has 0 fully saturated rings. The molecule has 0 radical (unpaired) electrons. The van der Waals surface area contributed by atoms with Gasteiger partial charge in [0.25, 0.3) is 0 Å². The van der Waals surface area contributed by atoms with Crippen LogP contribution in [0, 0.1) is 0 Å². The second-order valence-corrected chi connectivity index (χ2v) is 5.21. The van der Waals surface area contributed by atoms with Gasteiger partial charge in [-0.1, -0.05) is 34.1 Å². The Morgan fingerprint density at radius 3 is 2.43 bits per heavy atom. The van der Waals surface area contributed by atoms with Gasteiger partial charge in [0.05, 0.1) is 19.1 Å². The zero-order valence-electron chi connectivity index (χ0n) is 11.3. The number of hydrogen-bond acceptors (Lipinski definition) is 4. The fourth-order valence-corrected chi connectivity index (χ4v) is 2.09. The Hall–Kier alpha value is -2.14. The molecule has 0 saturated heterocycles. The number of rotatable bonds is 4. The molecular weight excluding hydrogens is 336 g/mol. The predicted molar refractivity (Wildman–Crippen MR) is 81.3 cm³/mol. The molecule has 0 aliphatic rings. The summed E-state index contributed by atoms with van der Waals surface area (Å²) in [5.41, 5.74) is 1.26. The van der Waals surface area contributed by atoms with Crippen molar-refractivity contribution < 1.29 is 19.1 Å². The van der Waals surface area contributed by atoms with E-state index in [0.29, 0.717) is 11.3 Å². The summed E-state index contributed by atoms with van der Waals surface area (Å²) in [4.78, 5) is 23.1. The maximum absolute atomic E-state index is 12.0. The fourth-order valence-electron chi connectivity index (χ4n) is 1.70. The van der Waals surface area contributed by atoms with E-state index in [1.54, 1.807) is 42.5 Å². The Morgan fingerprint density at radius 2 is 1.81 bits per heavy atom. The van der Waals surface area contributed by atoms with Gasteiger partial charge >= 0.3 is 11.9 Å². The quantitative estimate of drug-likeness (QED) is 0.627. The molecule has 0 N–H and O–H groups in total. The van der Waals surface area contributed by atoms with Crippen LogP contribution in [-0.2, 0) is 16.0 Å². The summed E-state index contributed by atoms with van der Waals surface area (Å²) < 4.78 is 10.7. The lowest BCUT2D eigenvalue weighted by molar-refractivity contribution is -0.139. The predicted octanol–water partition coefficient (Wildman–Crippen LogP) is 3.38. The van der Waals surface area contributed by atoms with Crippen LogP contribution in [0.5, 0.6) is 5.75 Å². The first-order chi connectivity index (χ1) is 10.1. The highest BCUT2D eigenvalue weighted by atomic mass is 79.9. The molecule has 2 aromatic carbocycles. The first-order valence-corrected chi connectivity index (χ1v) is 7.01. The van der Waals surface area contributed by atoms with E-state index in [1.807, 2.05) is 6.07 Å². The van der Waals surface area contributed by atoms with Crippen LogP contribution in [0.25, 0.3) is 0 Å². The van der Waals surface area contributed by atoms with E-state index >= 15 is 0 Å². The summed E-state index contributed by atoms with van der Waals surface area (Å²) >= 11 is 3.30. The molecule has 2 aromatic rings. The number of esters is 2. The van der Waals surface area contributed by atoms with Gasteiger partial charge < -0.3 is 9.47 Å². The molecule has 108 valence electrons. The molecule has 2 rings (SSSR count). The third-order valence-corrected chi connectivity index (χ3v) is 3.26. The average molecular weight is 349 g/mol. The van der Waals surface area contributed by atoms with E-state index in [2.05, 4.69) is 20.7 Å². The molecule has 0 aliphatic carbocycles. The van der Waals surface area contributed by atoms with Crippen molar-refractivity contribution in [3.8, 4) is 5.75 Å². The molecule has 0 bridgehead atoms. The highest BCUT2D eigenvalue weighted by molar-refractivity contribution is 9.10. The Bertz CT molecular complexity index is 650. The minimum absolute atomic E-state index is 0.191. The first kappa shape index (κ1) is 15.3. The van der Waals surface area contributed by atoms with Crippen molar-refractivity contribution in [2.75, 3.05) is 7.11 Å². The monoisotopic (exact) mass is 348 g/mol. The van der Waals surface area contributed by atoms with Gasteiger partial charge in [-0.2, -0.15) is 0 Å². The van der Waals surface area contributed by atoms with Crippen molar-refractivity contribution in [1.29, 1.82) is 0 Å². The molecule has 0 heterocycles. The van der Waals surface area contributed by atoms with Gasteiger partial charge in [-0.15, -0.1) is 0 Å². The van der Waals surface area contributed by atoms with Crippen LogP contribution < -0.4 is 4.74 Å². The minimum atomic E-state index is -0.433. The minimum Gasteiger partial charge on any atom is -0.469 e. The molecular formula is C16H13BrO4. The number of hydrogen-bond donors (Lipinski definition) is 0. The topological polar surface area (TPSA) is 52.6 Å². The molecule has 0 aromatic heterocycles. The summed E-state index contributed by atoms with van der Waals surface area (Å²) in [6.45, 7) is 0. The van der Waals surface area contributed by atoms with Crippen molar-refractivity contribution in [1.82, 2.24) is 0 Å². The third-order valence-electron chi connectivity index (χ3n) is 2.77. The van der Waals surface area contributed by atoms with Crippen LogP contribution >= 0.6 is 15.9 Å². The van der Waals surface area contributed by atoms with Crippen molar-refractivity contribution in [2.45, 2.75) is 6.42 Å². The molecule has 5 heteroatoms. The van der Waals surface area contributed by atoms with Gasteiger partial charge in [-0.25, -0.2) is 4.79 Å². The van der Waals surface area contributed by atoms with E-state index in [-0.39, 0.29) is 12.4 Å². The van der Waals surface area contributed by atoms with E-state index in [9.17, 15) is 9.59 Å². The number of methoxy groups -OCH3 is 1. The lowest BCUT2D eigenvalue weighted by Crippen LogP contribution is -2.08. The standard InChI is InChI=1S/C16H13BrO4/c1-20-15(18)9-11-5-7-14(8-6-11)21-16(19)12-3-2-4-13(17)10-12/h2-8,10H,9H2,1H3. The maximum atomic E-state index is 12.0. The summed E-state index contributed by atoms with van der Waals surface area (Å²) in [5.74, 6) is -0.320. The van der Waals surface area contributed by atoms with Crippen molar-refractivity contribution in [3.63, 3.8) is 0 Å². The van der Waals surface area contributed by atoms with Gasteiger partial charge in [-0.05, 0) is 35.9 Å². The zero-order chi connectivity index (χ0) is 15.2. The summed E-state index contributed by atoms with van der Waals surface area (Å²) in [5, 5.41) is 0. The average Bonchev–Trinajstić information content (AvgIpc) is 2.49. The van der Waals surface area contributed by atoms with Gasteiger partial charge in [0.1, 0.15) is 5.75 Å². The SMILES string of the molecule is COC(=O)Cc1ccc(OC(=O)c2cccc(Br)c2)cc1. The molecule has 0 aliphatic heterocycles. The molecule has 0 amide bonds. The van der Waals surface area contributed by atoms with Crippen LogP contribution in [-0.4, -0.2) is 19.0 Å². The summed E-state index contributed by atoms with van der Waals surface area (Å²) in [7, 11) is 1.34. The lowest BCUT2D eigenvalue weighted by Gasteiger charge is -2.06.